The van der Waals surface area contributed by atoms with Gasteiger partial charge in [-0.2, -0.15) is 0 Å². The second kappa shape index (κ2) is 12.3. The fraction of sp³-hybridized carbons (Fsp3) is 0.414. The number of pyridine rings is 1. The standard InChI is InChI=1S/C29H37NO/c1-4-6-7-8-9-10-21-31-28-18-16-27(17-19-28)26-14-12-25(13-15-26)23(3)29-20-11-24(5-2)22-30-29/h11-20,22-23H,4-10,21H2,1-3H3. The van der Waals surface area contributed by atoms with E-state index in [2.05, 4.69) is 86.4 Å². The van der Waals surface area contributed by atoms with Gasteiger partial charge in [-0.25, -0.2) is 0 Å². The molecule has 0 fully saturated rings. The maximum atomic E-state index is 5.91. The summed E-state index contributed by atoms with van der Waals surface area (Å²) in [6.45, 7) is 7.45. The van der Waals surface area contributed by atoms with Crippen LogP contribution in [0, 0.1) is 0 Å². The predicted molar refractivity (Wildman–Crippen MR) is 132 cm³/mol. The molecule has 0 saturated carbocycles. The van der Waals surface area contributed by atoms with Crippen LogP contribution < -0.4 is 4.74 Å². The number of aromatic nitrogens is 1. The van der Waals surface area contributed by atoms with Crippen molar-refractivity contribution in [2.45, 2.75) is 71.6 Å². The van der Waals surface area contributed by atoms with E-state index in [1.165, 1.54) is 54.4 Å². The highest BCUT2D eigenvalue weighted by Gasteiger charge is 2.10. The number of unbranched alkanes of at least 4 members (excludes halogenated alkanes) is 5. The summed E-state index contributed by atoms with van der Waals surface area (Å²) in [5, 5.41) is 0. The minimum absolute atomic E-state index is 0.290. The summed E-state index contributed by atoms with van der Waals surface area (Å²) in [4.78, 5) is 4.65. The molecule has 0 spiro atoms. The molecule has 0 N–H and O–H groups in total. The third-order valence-electron chi connectivity index (χ3n) is 6.06. The molecule has 0 radical (unpaired) electrons. The van der Waals surface area contributed by atoms with Gasteiger partial charge in [0.2, 0.25) is 0 Å². The molecule has 2 nitrogen and oxygen atoms in total. The van der Waals surface area contributed by atoms with Gasteiger partial charge in [0.15, 0.2) is 0 Å². The third-order valence-corrected chi connectivity index (χ3v) is 6.06. The van der Waals surface area contributed by atoms with Crippen LogP contribution in [-0.2, 0) is 6.42 Å². The van der Waals surface area contributed by atoms with Crippen molar-refractivity contribution in [2.75, 3.05) is 6.61 Å². The first-order valence-corrected chi connectivity index (χ1v) is 12.0. The van der Waals surface area contributed by atoms with Crippen LogP contribution in [0.1, 0.15) is 82.0 Å². The highest BCUT2D eigenvalue weighted by molar-refractivity contribution is 5.64. The minimum Gasteiger partial charge on any atom is -0.494 e. The summed E-state index contributed by atoms with van der Waals surface area (Å²) in [7, 11) is 0. The van der Waals surface area contributed by atoms with Gasteiger partial charge in [0.25, 0.3) is 0 Å². The lowest BCUT2D eigenvalue weighted by molar-refractivity contribution is 0.304. The van der Waals surface area contributed by atoms with Crippen molar-refractivity contribution in [3.63, 3.8) is 0 Å². The Hall–Kier alpha value is -2.61. The SMILES string of the molecule is CCCCCCCCOc1ccc(-c2ccc(C(C)c3ccc(CC)cn3)cc2)cc1. The van der Waals surface area contributed by atoms with Crippen molar-refractivity contribution in [3.8, 4) is 16.9 Å². The molecule has 0 amide bonds. The van der Waals surface area contributed by atoms with Crippen LogP contribution >= 0.6 is 0 Å². The van der Waals surface area contributed by atoms with Crippen LogP contribution in [0.2, 0.25) is 0 Å². The zero-order chi connectivity index (χ0) is 21.9. The molecule has 3 rings (SSSR count). The van der Waals surface area contributed by atoms with Crippen molar-refractivity contribution in [2.24, 2.45) is 0 Å². The van der Waals surface area contributed by atoms with Gasteiger partial charge in [-0.15, -0.1) is 0 Å². The van der Waals surface area contributed by atoms with Crippen molar-refractivity contribution in [1.82, 2.24) is 4.98 Å². The number of hydrogen-bond acceptors (Lipinski definition) is 2. The lowest BCUT2D eigenvalue weighted by atomic mass is 9.94. The first-order chi connectivity index (χ1) is 15.2. The molecule has 1 heterocycles. The van der Waals surface area contributed by atoms with Crippen molar-refractivity contribution in [1.29, 1.82) is 0 Å². The van der Waals surface area contributed by atoms with Crippen LogP contribution in [0.3, 0.4) is 0 Å². The van der Waals surface area contributed by atoms with E-state index in [-0.39, 0.29) is 5.92 Å². The largest absolute Gasteiger partial charge is 0.494 e. The summed E-state index contributed by atoms with van der Waals surface area (Å²) in [6, 6.07) is 21.7. The van der Waals surface area contributed by atoms with E-state index in [9.17, 15) is 0 Å². The predicted octanol–water partition coefficient (Wildman–Crippen LogP) is 8.20. The van der Waals surface area contributed by atoms with E-state index < -0.39 is 0 Å². The van der Waals surface area contributed by atoms with Crippen LogP contribution in [0.5, 0.6) is 5.75 Å². The average molecular weight is 416 g/mol. The van der Waals surface area contributed by atoms with Gasteiger partial charge in [-0.3, -0.25) is 4.98 Å². The van der Waals surface area contributed by atoms with E-state index in [1.54, 1.807) is 0 Å². The van der Waals surface area contributed by atoms with Gasteiger partial charge in [0.1, 0.15) is 5.75 Å². The molecule has 0 aliphatic carbocycles. The molecular formula is C29H37NO. The highest BCUT2D eigenvalue weighted by Crippen LogP contribution is 2.27. The van der Waals surface area contributed by atoms with Gasteiger partial charge in [-0.1, -0.05) is 95.3 Å². The number of benzene rings is 2. The van der Waals surface area contributed by atoms with E-state index in [0.29, 0.717) is 0 Å². The average Bonchev–Trinajstić information content (AvgIpc) is 2.83. The second-order valence-electron chi connectivity index (χ2n) is 8.43. The summed E-state index contributed by atoms with van der Waals surface area (Å²) in [5.74, 6) is 1.25. The molecule has 0 bridgehead atoms. The zero-order valence-corrected chi connectivity index (χ0v) is 19.4. The van der Waals surface area contributed by atoms with Crippen LogP contribution in [0.4, 0.5) is 0 Å². The minimum atomic E-state index is 0.290. The van der Waals surface area contributed by atoms with Gasteiger partial charge < -0.3 is 4.74 Å². The Labute approximate surface area is 188 Å². The second-order valence-corrected chi connectivity index (χ2v) is 8.43. The smallest absolute Gasteiger partial charge is 0.119 e. The Morgan fingerprint density at radius 1 is 0.742 bits per heavy atom. The van der Waals surface area contributed by atoms with Gasteiger partial charge in [0, 0.05) is 17.8 Å². The van der Waals surface area contributed by atoms with E-state index >= 15 is 0 Å². The highest BCUT2D eigenvalue weighted by atomic mass is 16.5. The maximum Gasteiger partial charge on any atom is 0.119 e. The first-order valence-electron chi connectivity index (χ1n) is 12.0. The normalized spacial score (nSPS) is 12.0. The van der Waals surface area contributed by atoms with Crippen LogP contribution in [0.15, 0.2) is 66.9 Å². The summed E-state index contributed by atoms with van der Waals surface area (Å²) >= 11 is 0. The van der Waals surface area contributed by atoms with Gasteiger partial charge in [0.05, 0.1) is 6.61 Å². The number of rotatable bonds is 12. The van der Waals surface area contributed by atoms with Crippen molar-refractivity contribution in [3.05, 3.63) is 83.7 Å². The monoisotopic (exact) mass is 415 g/mol. The molecule has 2 aromatic carbocycles. The lowest BCUT2D eigenvalue weighted by Gasteiger charge is -2.13. The molecular weight excluding hydrogens is 378 g/mol. The Balaban J connectivity index is 1.52. The molecule has 0 saturated heterocycles. The van der Waals surface area contributed by atoms with Crippen LogP contribution in [0.25, 0.3) is 11.1 Å². The number of hydrogen-bond donors (Lipinski definition) is 0. The Morgan fingerprint density at radius 2 is 1.39 bits per heavy atom. The molecule has 31 heavy (non-hydrogen) atoms. The quantitative estimate of drug-likeness (QED) is 0.278. The molecule has 0 aliphatic heterocycles. The van der Waals surface area contributed by atoms with Crippen LogP contribution in [-0.4, -0.2) is 11.6 Å². The van der Waals surface area contributed by atoms with Gasteiger partial charge in [-0.05, 0) is 53.3 Å². The molecule has 2 heteroatoms. The Bertz CT molecular complexity index is 882. The molecule has 1 aromatic heterocycles. The van der Waals surface area contributed by atoms with Gasteiger partial charge >= 0.3 is 0 Å². The van der Waals surface area contributed by atoms with Crippen molar-refractivity contribution < 1.29 is 4.74 Å². The molecule has 1 atom stereocenters. The fourth-order valence-corrected chi connectivity index (χ4v) is 3.85. The van der Waals surface area contributed by atoms with Crippen molar-refractivity contribution >= 4 is 0 Å². The number of aryl methyl sites for hydroxylation is 1. The third kappa shape index (κ3) is 6.95. The molecule has 1 unspecified atom stereocenters. The lowest BCUT2D eigenvalue weighted by Crippen LogP contribution is -1.99. The van der Waals surface area contributed by atoms with E-state index in [1.807, 2.05) is 6.20 Å². The number of nitrogens with zero attached hydrogens (tertiary/aromatic N) is 1. The molecule has 3 aromatic rings. The van der Waals surface area contributed by atoms with E-state index in [0.717, 1.165) is 30.9 Å². The molecule has 0 aliphatic rings. The Kier molecular flexibility index (Phi) is 9.15. The topological polar surface area (TPSA) is 22.1 Å². The summed E-state index contributed by atoms with van der Waals surface area (Å²) < 4.78 is 5.91. The fourth-order valence-electron chi connectivity index (χ4n) is 3.85. The number of ether oxygens (including phenoxy) is 1. The molecule has 164 valence electrons. The summed E-state index contributed by atoms with van der Waals surface area (Å²) in [5.41, 5.74) is 6.14. The first kappa shape index (κ1) is 23.1. The summed E-state index contributed by atoms with van der Waals surface area (Å²) in [6.07, 6.45) is 10.8. The zero-order valence-electron chi connectivity index (χ0n) is 19.4. The maximum absolute atomic E-state index is 5.91. The Morgan fingerprint density at radius 3 is 2.00 bits per heavy atom. The van der Waals surface area contributed by atoms with E-state index in [4.69, 9.17) is 4.74 Å².